The molecule has 0 aliphatic rings. The van der Waals surface area contributed by atoms with Crippen LogP contribution in [0.15, 0.2) is 23.0 Å². The van der Waals surface area contributed by atoms with E-state index in [4.69, 9.17) is 5.73 Å². The summed E-state index contributed by atoms with van der Waals surface area (Å²) in [6.07, 6.45) is 0.767. The summed E-state index contributed by atoms with van der Waals surface area (Å²) in [6.45, 7) is 5.56. The van der Waals surface area contributed by atoms with E-state index in [-0.39, 0.29) is 5.56 Å². The van der Waals surface area contributed by atoms with Crippen molar-refractivity contribution in [2.45, 2.75) is 26.8 Å². The predicted molar refractivity (Wildman–Crippen MR) is 58.3 cm³/mol. The summed E-state index contributed by atoms with van der Waals surface area (Å²) >= 11 is 0. The Labute approximate surface area is 84.6 Å². The van der Waals surface area contributed by atoms with Crippen LogP contribution in [-0.4, -0.2) is 11.1 Å². The molecule has 0 aliphatic carbocycles. The summed E-state index contributed by atoms with van der Waals surface area (Å²) in [7, 11) is 0. The molecule has 1 aromatic heterocycles. The van der Waals surface area contributed by atoms with Crippen LogP contribution in [0.2, 0.25) is 0 Å². The second-order valence-electron chi connectivity index (χ2n) is 3.90. The number of nitrogens with two attached hydrogens (primary N) is 1. The Morgan fingerprint density at radius 3 is 2.71 bits per heavy atom. The smallest absolute Gasteiger partial charge is 0.250 e. The molecule has 0 saturated carbocycles. The third-order valence-corrected chi connectivity index (χ3v) is 2.09. The molecule has 0 saturated heterocycles. The lowest BCUT2D eigenvalue weighted by Crippen LogP contribution is -2.25. The summed E-state index contributed by atoms with van der Waals surface area (Å²) in [5.41, 5.74) is 6.60. The van der Waals surface area contributed by atoms with Crippen molar-refractivity contribution >= 4 is 0 Å². The van der Waals surface area contributed by atoms with Crippen LogP contribution in [0, 0.1) is 5.92 Å². The molecule has 0 aromatic carbocycles. The summed E-state index contributed by atoms with van der Waals surface area (Å²) in [5.74, 6) is 0.478. The molecule has 1 aromatic rings. The SMILES string of the molecule is CC(C)Cn1c(CCN)cccc1=O. The minimum Gasteiger partial charge on any atom is -0.330 e. The minimum atomic E-state index is 0.0738. The first-order valence-electron chi connectivity index (χ1n) is 5.04. The van der Waals surface area contributed by atoms with Gasteiger partial charge in [-0.25, -0.2) is 0 Å². The maximum atomic E-state index is 11.6. The van der Waals surface area contributed by atoms with Crippen molar-refractivity contribution in [2.24, 2.45) is 11.7 Å². The van der Waals surface area contributed by atoms with Gasteiger partial charge in [0.15, 0.2) is 0 Å². The van der Waals surface area contributed by atoms with Crippen LogP contribution in [0.4, 0.5) is 0 Å². The van der Waals surface area contributed by atoms with E-state index in [1.807, 2.05) is 10.6 Å². The Morgan fingerprint density at radius 1 is 1.43 bits per heavy atom. The fourth-order valence-electron chi connectivity index (χ4n) is 1.50. The number of pyridine rings is 1. The molecule has 0 radical (unpaired) electrons. The number of hydrogen-bond donors (Lipinski definition) is 1. The van der Waals surface area contributed by atoms with Crippen LogP contribution in [0.5, 0.6) is 0 Å². The lowest BCUT2D eigenvalue weighted by molar-refractivity contribution is 0.495. The van der Waals surface area contributed by atoms with Gasteiger partial charge in [-0.15, -0.1) is 0 Å². The zero-order valence-electron chi connectivity index (χ0n) is 8.86. The minimum absolute atomic E-state index is 0.0738. The second kappa shape index (κ2) is 4.96. The van der Waals surface area contributed by atoms with Gasteiger partial charge in [0.25, 0.3) is 5.56 Å². The monoisotopic (exact) mass is 194 g/mol. The van der Waals surface area contributed by atoms with Crippen LogP contribution in [0.3, 0.4) is 0 Å². The first-order valence-corrected chi connectivity index (χ1v) is 5.04. The van der Waals surface area contributed by atoms with Gasteiger partial charge in [-0.1, -0.05) is 19.9 Å². The average Bonchev–Trinajstić information content (AvgIpc) is 2.11. The molecule has 0 fully saturated rings. The second-order valence-corrected chi connectivity index (χ2v) is 3.90. The van der Waals surface area contributed by atoms with Crippen molar-refractivity contribution in [3.63, 3.8) is 0 Å². The molecule has 0 amide bonds. The zero-order valence-corrected chi connectivity index (χ0v) is 8.86. The molecular formula is C11H18N2O. The fraction of sp³-hybridized carbons (Fsp3) is 0.545. The molecule has 1 heterocycles. The lowest BCUT2D eigenvalue weighted by Gasteiger charge is -2.13. The molecule has 3 heteroatoms. The Kier molecular flexibility index (Phi) is 3.89. The first kappa shape index (κ1) is 11.0. The van der Waals surface area contributed by atoms with Crippen molar-refractivity contribution in [1.82, 2.24) is 4.57 Å². The van der Waals surface area contributed by atoms with Crippen molar-refractivity contribution in [1.29, 1.82) is 0 Å². The number of nitrogens with zero attached hydrogens (tertiary/aromatic N) is 1. The van der Waals surface area contributed by atoms with E-state index in [9.17, 15) is 4.79 Å². The highest BCUT2D eigenvalue weighted by molar-refractivity contribution is 5.07. The standard InChI is InChI=1S/C11H18N2O/c1-9(2)8-13-10(6-7-12)4-3-5-11(13)14/h3-5,9H,6-8,12H2,1-2H3. The van der Waals surface area contributed by atoms with Gasteiger partial charge in [-0.3, -0.25) is 4.79 Å². The summed E-state index contributed by atoms with van der Waals surface area (Å²) in [4.78, 5) is 11.6. The van der Waals surface area contributed by atoms with Crippen molar-refractivity contribution in [2.75, 3.05) is 6.54 Å². The zero-order chi connectivity index (χ0) is 10.6. The van der Waals surface area contributed by atoms with E-state index >= 15 is 0 Å². The molecule has 0 spiro atoms. The van der Waals surface area contributed by atoms with E-state index in [0.717, 1.165) is 18.7 Å². The molecule has 2 N–H and O–H groups in total. The van der Waals surface area contributed by atoms with Gasteiger partial charge in [0, 0.05) is 24.7 Å². The third kappa shape index (κ3) is 2.70. The normalized spacial score (nSPS) is 10.9. The van der Waals surface area contributed by atoms with Gasteiger partial charge >= 0.3 is 0 Å². The van der Waals surface area contributed by atoms with Crippen molar-refractivity contribution < 1.29 is 0 Å². The Balaban J connectivity index is 3.02. The highest BCUT2D eigenvalue weighted by atomic mass is 16.1. The van der Waals surface area contributed by atoms with Gasteiger partial charge in [0.05, 0.1) is 0 Å². The Bertz CT molecular complexity index is 341. The molecule has 0 unspecified atom stereocenters. The quantitative estimate of drug-likeness (QED) is 0.777. The molecule has 1 rings (SSSR count). The van der Waals surface area contributed by atoms with Crippen LogP contribution in [0.1, 0.15) is 19.5 Å². The topological polar surface area (TPSA) is 48.0 Å². The molecule has 3 nitrogen and oxygen atoms in total. The van der Waals surface area contributed by atoms with E-state index in [1.165, 1.54) is 0 Å². The molecule has 0 atom stereocenters. The van der Waals surface area contributed by atoms with Crippen molar-refractivity contribution in [3.8, 4) is 0 Å². The molecule has 14 heavy (non-hydrogen) atoms. The van der Waals surface area contributed by atoms with Gasteiger partial charge in [0.2, 0.25) is 0 Å². The van der Waals surface area contributed by atoms with Gasteiger partial charge in [-0.2, -0.15) is 0 Å². The largest absolute Gasteiger partial charge is 0.330 e. The highest BCUT2D eigenvalue weighted by Crippen LogP contribution is 2.02. The summed E-state index contributed by atoms with van der Waals surface area (Å²) in [5, 5.41) is 0. The van der Waals surface area contributed by atoms with E-state index in [0.29, 0.717) is 12.5 Å². The molecule has 78 valence electrons. The predicted octanol–water partition coefficient (Wildman–Crippen LogP) is 1.01. The fourth-order valence-corrected chi connectivity index (χ4v) is 1.50. The van der Waals surface area contributed by atoms with Crippen molar-refractivity contribution in [3.05, 3.63) is 34.2 Å². The molecule has 0 aliphatic heterocycles. The summed E-state index contributed by atoms with van der Waals surface area (Å²) < 4.78 is 1.82. The maximum absolute atomic E-state index is 11.6. The number of hydrogen-bond acceptors (Lipinski definition) is 2. The van der Waals surface area contributed by atoms with Gasteiger partial charge < -0.3 is 10.3 Å². The molecular weight excluding hydrogens is 176 g/mol. The van der Waals surface area contributed by atoms with Crippen LogP contribution in [0.25, 0.3) is 0 Å². The Morgan fingerprint density at radius 2 is 2.14 bits per heavy atom. The third-order valence-electron chi connectivity index (χ3n) is 2.09. The van der Waals surface area contributed by atoms with Gasteiger partial charge in [-0.05, 0) is 18.5 Å². The maximum Gasteiger partial charge on any atom is 0.250 e. The van der Waals surface area contributed by atoms with Crippen LogP contribution >= 0.6 is 0 Å². The van der Waals surface area contributed by atoms with E-state index in [1.54, 1.807) is 12.1 Å². The van der Waals surface area contributed by atoms with Gasteiger partial charge in [0.1, 0.15) is 0 Å². The summed E-state index contributed by atoms with van der Waals surface area (Å²) in [6, 6.07) is 5.36. The van der Waals surface area contributed by atoms with E-state index in [2.05, 4.69) is 13.8 Å². The van der Waals surface area contributed by atoms with E-state index < -0.39 is 0 Å². The average molecular weight is 194 g/mol. The number of rotatable bonds is 4. The van der Waals surface area contributed by atoms with Crippen LogP contribution < -0.4 is 11.3 Å². The first-order chi connectivity index (χ1) is 6.65. The molecule has 0 bridgehead atoms. The number of aromatic nitrogens is 1. The lowest BCUT2D eigenvalue weighted by atomic mass is 10.2. The van der Waals surface area contributed by atoms with Crippen LogP contribution in [-0.2, 0) is 13.0 Å². The Hall–Kier alpha value is -1.09. The highest BCUT2D eigenvalue weighted by Gasteiger charge is 2.04.